The lowest BCUT2D eigenvalue weighted by molar-refractivity contribution is -0.149. The molecule has 1 aromatic rings. The van der Waals surface area contributed by atoms with Crippen molar-refractivity contribution in [1.82, 2.24) is 14.8 Å². The zero-order valence-corrected chi connectivity index (χ0v) is 6.17. The number of carboxylic acid groups (broad SMARTS) is 1. The highest BCUT2D eigenvalue weighted by molar-refractivity contribution is 6.32. The molecule has 1 aromatic heterocycles. The number of hydrogen-bond acceptors (Lipinski definition) is 4. The molecule has 6 heteroatoms. The van der Waals surface area contributed by atoms with E-state index in [9.17, 15) is 9.59 Å². The number of nitrogens with zero attached hydrogens (tertiary/aromatic N) is 3. The first-order valence-corrected chi connectivity index (χ1v) is 3.28. The summed E-state index contributed by atoms with van der Waals surface area (Å²) >= 11 is 0. The van der Waals surface area contributed by atoms with Gasteiger partial charge in [0.05, 0.1) is 6.54 Å². The second-order valence-electron chi connectivity index (χ2n) is 2.14. The van der Waals surface area contributed by atoms with E-state index in [0.717, 1.165) is 0 Å². The molecule has 0 radical (unpaired) electrons. The average molecular weight is 169 g/mol. The Hall–Kier alpha value is -1.72. The van der Waals surface area contributed by atoms with Crippen LogP contribution in [-0.4, -0.2) is 31.6 Å². The topological polar surface area (TPSA) is 85.1 Å². The number of rotatable bonds is 4. The van der Waals surface area contributed by atoms with Gasteiger partial charge in [-0.2, -0.15) is 5.10 Å². The molecule has 1 N–H and O–H groups in total. The highest BCUT2D eigenvalue weighted by atomic mass is 16.4. The quantitative estimate of drug-likeness (QED) is 0.603. The highest BCUT2D eigenvalue weighted by Gasteiger charge is 2.10. The molecule has 12 heavy (non-hydrogen) atoms. The molecule has 0 aliphatic carbocycles. The third kappa shape index (κ3) is 2.15. The van der Waals surface area contributed by atoms with Crippen LogP contribution in [0.25, 0.3) is 0 Å². The van der Waals surface area contributed by atoms with Crippen LogP contribution in [0.3, 0.4) is 0 Å². The Morgan fingerprint density at radius 3 is 2.75 bits per heavy atom. The first kappa shape index (κ1) is 8.38. The zero-order chi connectivity index (χ0) is 8.97. The molecule has 0 saturated carbocycles. The molecule has 0 aromatic carbocycles. The smallest absolute Gasteiger partial charge is 0.372 e. The van der Waals surface area contributed by atoms with E-state index in [2.05, 4.69) is 10.1 Å². The number of aryl methyl sites for hydroxylation is 1. The molecule has 1 heterocycles. The van der Waals surface area contributed by atoms with Gasteiger partial charge in [-0.05, 0) is 0 Å². The Morgan fingerprint density at radius 2 is 2.25 bits per heavy atom. The van der Waals surface area contributed by atoms with E-state index in [1.54, 1.807) is 0 Å². The predicted octanol–water partition coefficient (Wildman–Crippen LogP) is -0.678. The summed E-state index contributed by atoms with van der Waals surface area (Å²) in [4.78, 5) is 24.3. The van der Waals surface area contributed by atoms with Gasteiger partial charge in [0.2, 0.25) is 5.78 Å². The molecule has 0 saturated heterocycles. The summed E-state index contributed by atoms with van der Waals surface area (Å²) in [5.41, 5.74) is 0. The Bertz CT molecular complexity index is 280. The number of carbonyl (C=O) groups is 2. The number of aliphatic carboxylic acids is 1. The van der Waals surface area contributed by atoms with Crippen LogP contribution in [0.4, 0.5) is 0 Å². The van der Waals surface area contributed by atoms with Crippen molar-refractivity contribution in [3.8, 4) is 0 Å². The first-order valence-electron chi connectivity index (χ1n) is 3.28. The number of carbonyl (C=O) groups excluding carboxylic acids is 1. The van der Waals surface area contributed by atoms with Crippen molar-refractivity contribution in [3.05, 3.63) is 12.7 Å². The normalized spacial score (nSPS) is 9.67. The van der Waals surface area contributed by atoms with E-state index in [-0.39, 0.29) is 13.0 Å². The van der Waals surface area contributed by atoms with Gasteiger partial charge in [0, 0.05) is 6.42 Å². The number of Topliss-reactive ketones (excluding diaryl/α,β-unsaturated/α-hetero) is 1. The van der Waals surface area contributed by atoms with Crippen LogP contribution in [0.15, 0.2) is 12.7 Å². The molecule has 0 aliphatic heterocycles. The summed E-state index contributed by atoms with van der Waals surface area (Å²) in [6.45, 7) is 0.255. The molecule has 6 nitrogen and oxygen atoms in total. The molecule has 64 valence electrons. The lowest BCUT2D eigenvalue weighted by Crippen LogP contribution is -2.15. The number of aromatic nitrogens is 3. The summed E-state index contributed by atoms with van der Waals surface area (Å²) in [5, 5.41) is 11.9. The monoisotopic (exact) mass is 169 g/mol. The van der Waals surface area contributed by atoms with Gasteiger partial charge in [-0.1, -0.05) is 0 Å². The fourth-order valence-electron chi connectivity index (χ4n) is 0.671. The van der Waals surface area contributed by atoms with Crippen LogP contribution in [0, 0.1) is 0 Å². The maximum atomic E-state index is 10.6. The van der Waals surface area contributed by atoms with Crippen LogP contribution in [0.1, 0.15) is 6.42 Å². The molecule has 0 amide bonds. The third-order valence-electron chi connectivity index (χ3n) is 1.27. The van der Waals surface area contributed by atoms with E-state index in [1.807, 2.05) is 0 Å². The predicted molar refractivity (Wildman–Crippen MR) is 37.3 cm³/mol. The van der Waals surface area contributed by atoms with Crippen molar-refractivity contribution in [2.24, 2.45) is 0 Å². The minimum atomic E-state index is -1.41. The first-order chi connectivity index (χ1) is 5.70. The maximum absolute atomic E-state index is 10.6. The fraction of sp³-hybridized carbons (Fsp3) is 0.333. The number of hydrogen-bond donors (Lipinski definition) is 1. The van der Waals surface area contributed by atoms with Crippen molar-refractivity contribution in [2.45, 2.75) is 13.0 Å². The maximum Gasteiger partial charge on any atom is 0.372 e. The standard InChI is InChI=1S/C6H7N3O3/c10-5(6(11)12)1-2-9-4-7-3-8-9/h3-4H,1-2H2,(H,11,12). The van der Waals surface area contributed by atoms with E-state index in [0.29, 0.717) is 0 Å². The van der Waals surface area contributed by atoms with Crippen molar-refractivity contribution in [1.29, 1.82) is 0 Å². The molecule has 1 rings (SSSR count). The van der Waals surface area contributed by atoms with Crippen LogP contribution in [-0.2, 0) is 16.1 Å². The van der Waals surface area contributed by atoms with E-state index in [1.165, 1.54) is 17.3 Å². The minimum absolute atomic E-state index is 0.0569. The lowest BCUT2D eigenvalue weighted by atomic mass is 10.3. The summed E-state index contributed by atoms with van der Waals surface area (Å²) in [7, 11) is 0. The van der Waals surface area contributed by atoms with Gasteiger partial charge < -0.3 is 5.11 Å². The number of ketones is 1. The van der Waals surface area contributed by atoms with Crippen LogP contribution >= 0.6 is 0 Å². The molecule has 0 aliphatic rings. The van der Waals surface area contributed by atoms with Gasteiger partial charge >= 0.3 is 5.97 Å². The van der Waals surface area contributed by atoms with Crippen LogP contribution < -0.4 is 0 Å². The number of carboxylic acids is 1. The van der Waals surface area contributed by atoms with E-state index >= 15 is 0 Å². The van der Waals surface area contributed by atoms with Crippen molar-refractivity contribution in [2.75, 3.05) is 0 Å². The lowest BCUT2D eigenvalue weighted by Gasteiger charge is -1.95. The van der Waals surface area contributed by atoms with Crippen molar-refractivity contribution >= 4 is 11.8 Å². The SMILES string of the molecule is O=C(O)C(=O)CCn1cncn1. The Balaban J connectivity index is 2.37. The van der Waals surface area contributed by atoms with Crippen LogP contribution in [0.2, 0.25) is 0 Å². The molecule has 0 fully saturated rings. The summed E-state index contributed by atoms with van der Waals surface area (Å²) < 4.78 is 1.40. The second kappa shape index (κ2) is 3.61. The molecular formula is C6H7N3O3. The average Bonchev–Trinajstić information content (AvgIpc) is 2.51. The van der Waals surface area contributed by atoms with Gasteiger partial charge in [-0.25, -0.2) is 9.78 Å². The summed E-state index contributed by atoms with van der Waals surface area (Å²) in [6.07, 6.45) is 2.69. The highest BCUT2D eigenvalue weighted by Crippen LogP contribution is 1.88. The molecule has 0 bridgehead atoms. The fourth-order valence-corrected chi connectivity index (χ4v) is 0.671. The summed E-state index contributed by atoms with van der Waals surface area (Å²) in [6, 6.07) is 0. The van der Waals surface area contributed by atoms with E-state index < -0.39 is 11.8 Å². The van der Waals surface area contributed by atoms with Gasteiger partial charge in [-0.3, -0.25) is 9.48 Å². The van der Waals surface area contributed by atoms with Gasteiger partial charge in [0.25, 0.3) is 0 Å². The van der Waals surface area contributed by atoms with Gasteiger partial charge in [0.1, 0.15) is 12.7 Å². The molecule has 0 unspecified atom stereocenters. The van der Waals surface area contributed by atoms with Crippen LogP contribution in [0.5, 0.6) is 0 Å². The van der Waals surface area contributed by atoms with E-state index in [4.69, 9.17) is 5.11 Å². The van der Waals surface area contributed by atoms with Gasteiger partial charge in [0.15, 0.2) is 0 Å². The van der Waals surface area contributed by atoms with Gasteiger partial charge in [-0.15, -0.1) is 0 Å². The molecular weight excluding hydrogens is 162 g/mol. The largest absolute Gasteiger partial charge is 0.476 e. The molecule has 0 spiro atoms. The minimum Gasteiger partial charge on any atom is -0.476 e. The second-order valence-corrected chi connectivity index (χ2v) is 2.14. The zero-order valence-electron chi connectivity index (χ0n) is 6.17. The van der Waals surface area contributed by atoms with Crippen molar-refractivity contribution < 1.29 is 14.7 Å². The Morgan fingerprint density at radius 1 is 1.50 bits per heavy atom. The summed E-state index contributed by atoms with van der Waals surface area (Å²) in [5.74, 6) is -2.22. The third-order valence-corrected chi connectivity index (χ3v) is 1.27. The van der Waals surface area contributed by atoms with Crippen molar-refractivity contribution in [3.63, 3.8) is 0 Å². The Kier molecular flexibility index (Phi) is 2.52. The molecule has 0 atom stereocenters. The Labute approximate surface area is 67.8 Å².